The Bertz CT molecular complexity index is 3750. The summed E-state index contributed by atoms with van der Waals surface area (Å²) in [6.45, 7) is 0. The molecule has 10 aromatic carbocycles. The van der Waals surface area contributed by atoms with E-state index in [0.29, 0.717) is 0 Å². The summed E-state index contributed by atoms with van der Waals surface area (Å²) in [5.74, 6) is 0. The molecule has 13 aromatic rings. The van der Waals surface area contributed by atoms with Crippen LogP contribution in [0.1, 0.15) is 0 Å². The molecule has 3 heterocycles. The molecule has 0 aliphatic heterocycles. The van der Waals surface area contributed by atoms with Gasteiger partial charge >= 0.3 is 381 Å². The van der Waals surface area contributed by atoms with Gasteiger partial charge in [0.2, 0.25) is 0 Å². The summed E-state index contributed by atoms with van der Waals surface area (Å²) < 4.78 is 7.85. The maximum absolute atomic E-state index is 2.70. The number of benzene rings is 10. The summed E-state index contributed by atoms with van der Waals surface area (Å²) in [5, 5.41) is 13.3. The standard InChI is InChI=1S/C60H40N2SeSi/c1-4-20-43(21-5-1)64(44-22-6-2-7-23-44,45-24-8-3-9-25-45)46-26-16-19-41(39-46)47-30-17-31-51-52-32-18-36-58(60(52)63-59(47)51)62-56-35-15-12-29-50(56)53-40-42(37-38-57(53)62)61-54-33-13-10-27-48(54)49-28-11-14-34-55(49)61/h1-40H. The predicted octanol–water partition coefficient (Wildman–Crippen LogP) is 12.3. The molecule has 64 heavy (non-hydrogen) atoms. The van der Waals surface area contributed by atoms with Gasteiger partial charge in [0.1, 0.15) is 0 Å². The minimum absolute atomic E-state index is 0.0568. The fourth-order valence-corrected chi connectivity index (χ4v) is 18.4. The molecule has 13 rings (SSSR count). The van der Waals surface area contributed by atoms with Crippen LogP contribution in [0.3, 0.4) is 0 Å². The van der Waals surface area contributed by atoms with Gasteiger partial charge in [0.05, 0.1) is 0 Å². The van der Waals surface area contributed by atoms with Gasteiger partial charge in [-0.3, -0.25) is 0 Å². The zero-order valence-corrected chi connectivity index (χ0v) is 37.6. The first-order chi connectivity index (χ1) is 31.8. The van der Waals surface area contributed by atoms with E-state index in [1.165, 1.54) is 106 Å². The molecule has 0 aliphatic rings. The van der Waals surface area contributed by atoms with Gasteiger partial charge in [0.15, 0.2) is 0 Å². The molecule has 0 spiro atoms. The Balaban J connectivity index is 1.01. The van der Waals surface area contributed by atoms with Crippen molar-refractivity contribution in [3.8, 4) is 22.5 Å². The van der Waals surface area contributed by atoms with Crippen LogP contribution in [0.5, 0.6) is 0 Å². The Morgan fingerprint density at radius 1 is 0.297 bits per heavy atom. The van der Waals surface area contributed by atoms with Gasteiger partial charge in [-0.2, -0.15) is 0 Å². The second-order valence-electron chi connectivity index (χ2n) is 16.8. The van der Waals surface area contributed by atoms with Crippen LogP contribution in [0.2, 0.25) is 0 Å². The molecule has 4 heteroatoms. The summed E-state index contributed by atoms with van der Waals surface area (Å²) in [4.78, 5) is 0. The van der Waals surface area contributed by atoms with Gasteiger partial charge in [-0.05, 0) is 0 Å². The second-order valence-corrected chi connectivity index (χ2v) is 22.7. The van der Waals surface area contributed by atoms with E-state index in [-0.39, 0.29) is 14.5 Å². The Hall–Kier alpha value is -7.46. The third-order valence-electron chi connectivity index (χ3n) is 13.5. The van der Waals surface area contributed by atoms with Crippen molar-refractivity contribution in [1.29, 1.82) is 0 Å². The first-order valence-corrected chi connectivity index (χ1v) is 25.7. The van der Waals surface area contributed by atoms with E-state index in [9.17, 15) is 0 Å². The van der Waals surface area contributed by atoms with Crippen molar-refractivity contribution in [2.24, 2.45) is 0 Å². The Labute approximate surface area is 378 Å². The summed E-state index contributed by atoms with van der Waals surface area (Å²) in [7, 11) is -2.70. The molecule has 0 aliphatic carbocycles. The van der Waals surface area contributed by atoms with Crippen molar-refractivity contribution >= 4 is 106 Å². The monoisotopic (exact) mass is 896 g/mol. The fraction of sp³-hybridized carbons (Fsp3) is 0. The van der Waals surface area contributed by atoms with Crippen LogP contribution in [0, 0.1) is 0 Å². The maximum atomic E-state index is 2.53. The molecule has 3 aromatic heterocycles. The van der Waals surface area contributed by atoms with E-state index >= 15 is 0 Å². The van der Waals surface area contributed by atoms with Crippen LogP contribution in [0.15, 0.2) is 243 Å². The van der Waals surface area contributed by atoms with Gasteiger partial charge in [-0.1, -0.05) is 0 Å². The van der Waals surface area contributed by atoms with Crippen molar-refractivity contribution in [2.75, 3.05) is 0 Å². The summed E-state index contributed by atoms with van der Waals surface area (Å²) >= 11 is 0.0568. The Morgan fingerprint density at radius 2 is 0.750 bits per heavy atom. The SMILES string of the molecule is c1ccc([Si](c2ccccc2)(c2ccccc2)c2cccc(-c3cccc4c3[se]c3c(-n5c6ccccc6c6cc(-n7c8ccccc8c8ccccc87)ccc65)cccc34)c2)cc1. The molecule has 300 valence electrons. The van der Waals surface area contributed by atoms with Crippen LogP contribution in [-0.2, 0) is 0 Å². The molecular formula is C60H40N2SeSi. The first-order valence-electron chi connectivity index (χ1n) is 22.0. The topological polar surface area (TPSA) is 9.86 Å². The summed E-state index contributed by atoms with van der Waals surface area (Å²) in [6, 6.07) is 90.8. The van der Waals surface area contributed by atoms with Gasteiger partial charge in [-0.25, -0.2) is 0 Å². The van der Waals surface area contributed by atoms with Crippen molar-refractivity contribution < 1.29 is 0 Å². The van der Waals surface area contributed by atoms with Crippen LogP contribution in [-0.4, -0.2) is 31.7 Å². The average molecular weight is 896 g/mol. The number of nitrogens with zero attached hydrogens (tertiary/aromatic N) is 2. The molecule has 0 unspecified atom stereocenters. The molecule has 0 bridgehead atoms. The third-order valence-corrected chi connectivity index (χ3v) is 20.9. The second kappa shape index (κ2) is 14.8. The third kappa shape index (κ3) is 5.50. The van der Waals surface area contributed by atoms with Gasteiger partial charge in [-0.15, -0.1) is 0 Å². The Kier molecular flexibility index (Phi) is 8.60. The molecular weight excluding hydrogens is 856 g/mol. The molecule has 2 nitrogen and oxygen atoms in total. The molecule has 0 saturated heterocycles. The number of rotatable bonds is 7. The van der Waals surface area contributed by atoms with E-state index in [1.54, 1.807) is 0 Å². The van der Waals surface area contributed by atoms with Crippen LogP contribution in [0.25, 0.3) is 85.4 Å². The number of fused-ring (bicyclic) bond motifs is 9. The zero-order valence-electron chi connectivity index (χ0n) is 34.9. The summed E-state index contributed by atoms with van der Waals surface area (Å²) in [6.07, 6.45) is 0. The fourth-order valence-electron chi connectivity index (χ4n) is 10.8. The van der Waals surface area contributed by atoms with Gasteiger partial charge < -0.3 is 0 Å². The number of aromatic nitrogens is 2. The zero-order chi connectivity index (χ0) is 42.2. The number of hydrogen-bond acceptors (Lipinski definition) is 0. The average Bonchev–Trinajstić information content (AvgIpc) is 4.03. The number of hydrogen-bond donors (Lipinski definition) is 0. The van der Waals surface area contributed by atoms with Gasteiger partial charge in [0.25, 0.3) is 0 Å². The van der Waals surface area contributed by atoms with Crippen molar-refractivity contribution in [3.05, 3.63) is 243 Å². The van der Waals surface area contributed by atoms with E-state index in [1.807, 2.05) is 0 Å². The van der Waals surface area contributed by atoms with E-state index in [4.69, 9.17) is 0 Å². The van der Waals surface area contributed by atoms with Crippen molar-refractivity contribution in [2.45, 2.75) is 0 Å². The molecule has 0 radical (unpaired) electrons. The Morgan fingerprint density at radius 3 is 1.36 bits per heavy atom. The molecule has 0 amide bonds. The quantitative estimate of drug-likeness (QED) is 0.111. The molecule has 0 fully saturated rings. The van der Waals surface area contributed by atoms with Crippen LogP contribution < -0.4 is 20.7 Å². The van der Waals surface area contributed by atoms with E-state index < -0.39 is 8.07 Å². The summed E-state index contributed by atoms with van der Waals surface area (Å²) in [5.41, 5.74) is 9.96. The molecule has 0 saturated carbocycles. The van der Waals surface area contributed by atoms with Crippen molar-refractivity contribution in [1.82, 2.24) is 9.13 Å². The molecule has 0 N–H and O–H groups in total. The van der Waals surface area contributed by atoms with E-state index in [0.717, 1.165) is 0 Å². The predicted molar refractivity (Wildman–Crippen MR) is 276 cm³/mol. The normalized spacial score (nSPS) is 12.1. The van der Waals surface area contributed by atoms with Crippen molar-refractivity contribution in [3.63, 3.8) is 0 Å². The first kappa shape index (κ1) is 37.1. The minimum atomic E-state index is -2.70. The van der Waals surface area contributed by atoms with Crippen LogP contribution in [0.4, 0.5) is 0 Å². The number of para-hydroxylation sites is 3. The van der Waals surface area contributed by atoms with E-state index in [2.05, 4.69) is 252 Å². The molecule has 0 atom stereocenters. The van der Waals surface area contributed by atoms with Gasteiger partial charge in [0, 0.05) is 0 Å². The van der Waals surface area contributed by atoms with Crippen LogP contribution >= 0.6 is 0 Å².